The fraction of sp³-hybridized carbons (Fsp3) is 0.385. The van der Waals surface area contributed by atoms with Crippen LogP contribution in [0.5, 0.6) is 0 Å². The van der Waals surface area contributed by atoms with Gasteiger partial charge in [0, 0.05) is 28.9 Å². The standard InChI is InChI=1S/C26H28N2O4/c1-2-31-26(30)22-9-5-6-13-28(22)14-12-17-10-11-19-18(15-17)16-32-24(19)23-20-7-3-4-8-21(20)27-25(23)29/h3-4,7-8,10-11,15,22H,2,5-6,9,12-14,16H2,1H3,(H,27,29). The highest BCUT2D eigenvalue weighted by atomic mass is 16.5. The van der Waals surface area contributed by atoms with Gasteiger partial charge in [0.15, 0.2) is 0 Å². The van der Waals surface area contributed by atoms with Crippen molar-refractivity contribution >= 4 is 28.9 Å². The number of esters is 1. The number of carbonyl (C=O) groups excluding carboxylic acids is 2. The molecule has 3 aliphatic heterocycles. The van der Waals surface area contributed by atoms with Gasteiger partial charge in [-0.2, -0.15) is 0 Å². The Morgan fingerprint density at radius 2 is 2.06 bits per heavy atom. The van der Waals surface area contributed by atoms with Crippen molar-refractivity contribution in [3.8, 4) is 0 Å². The molecule has 1 saturated heterocycles. The quantitative estimate of drug-likeness (QED) is 0.571. The molecule has 166 valence electrons. The van der Waals surface area contributed by atoms with Gasteiger partial charge in [-0.1, -0.05) is 42.8 Å². The Hall–Kier alpha value is -3.12. The molecule has 0 radical (unpaired) electrons. The van der Waals surface area contributed by atoms with Gasteiger partial charge in [-0.3, -0.25) is 14.5 Å². The molecule has 1 unspecified atom stereocenters. The number of anilines is 1. The third-order valence-electron chi connectivity index (χ3n) is 6.55. The highest BCUT2D eigenvalue weighted by Crippen LogP contribution is 2.41. The molecule has 0 saturated carbocycles. The molecule has 1 N–H and O–H groups in total. The predicted octanol–water partition coefficient (Wildman–Crippen LogP) is 4.00. The summed E-state index contributed by atoms with van der Waals surface area (Å²) in [6.07, 6.45) is 3.93. The van der Waals surface area contributed by atoms with Crippen LogP contribution >= 0.6 is 0 Å². The minimum Gasteiger partial charge on any atom is -0.487 e. The molecule has 3 aliphatic rings. The summed E-state index contributed by atoms with van der Waals surface area (Å²) >= 11 is 0. The van der Waals surface area contributed by atoms with E-state index in [0.29, 0.717) is 24.5 Å². The Balaban J connectivity index is 1.34. The molecule has 6 nitrogen and oxygen atoms in total. The number of hydrogen-bond acceptors (Lipinski definition) is 5. The molecule has 1 fully saturated rings. The van der Waals surface area contributed by atoms with Gasteiger partial charge in [0.05, 0.1) is 12.2 Å². The lowest BCUT2D eigenvalue weighted by Gasteiger charge is -2.33. The molecule has 5 rings (SSSR count). The molecule has 1 amide bonds. The van der Waals surface area contributed by atoms with Crippen molar-refractivity contribution in [1.29, 1.82) is 0 Å². The number of likely N-dealkylation sites (tertiary alicyclic amines) is 1. The highest BCUT2D eigenvalue weighted by Gasteiger charge is 2.33. The summed E-state index contributed by atoms with van der Waals surface area (Å²) in [4.78, 5) is 27.2. The van der Waals surface area contributed by atoms with Crippen molar-refractivity contribution in [2.24, 2.45) is 0 Å². The molecule has 3 heterocycles. The van der Waals surface area contributed by atoms with Crippen LogP contribution in [-0.4, -0.2) is 42.5 Å². The molecule has 2 aromatic rings. The van der Waals surface area contributed by atoms with E-state index in [1.54, 1.807) is 0 Å². The summed E-state index contributed by atoms with van der Waals surface area (Å²) in [5, 5.41) is 2.93. The first-order valence-electron chi connectivity index (χ1n) is 11.5. The topological polar surface area (TPSA) is 67.9 Å². The second kappa shape index (κ2) is 8.79. The van der Waals surface area contributed by atoms with Crippen molar-refractivity contribution in [1.82, 2.24) is 4.90 Å². The van der Waals surface area contributed by atoms with Gasteiger partial charge in [-0.15, -0.1) is 0 Å². The van der Waals surface area contributed by atoms with Gasteiger partial charge < -0.3 is 14.8 Å². The molecular formula is C26H28N2O4. The van der Waals surface area contributed by atoms with E-state index in [2.05, 4.69) is 28.4 Å². The largest absolute Gasteiger partial charge is 0.487 e. The van der Waals surface area contributed by atoms with Crippen molar-refractivity contribution in [3.05, 3.63) is 64.7 Å². The van der Waals surface area contributed by atoms with Crippen LogP contribution in [0.15, 0.2) is 42.5 Å². The number of nitrogens with one attached hydrogen (secondary N) is 1. The van der Waals surface area contributed by atoms with Gasteiger partial charge in [-0.05, 0) is 44.4 Å². The Morgan fingerprint density at radius 1 is 1.19 bits per heavy atom. The maximum atomic E-state index is 12.6. The Morgan fingerprint density at radius 3 is 2.94 bits per heavy atom. The number of piperidine rings is 1. The molecular weight excluding hydrogens is 404 g/mol. The number of hydrogen-bond donors (Lipinski definition) is 1. The van der Waals surface area contributed by atoms with E-state index in [0.717, 1.165) is 61.2 Å². The monoisotopic (exact) mass is 432 g/mol. The third-order valence-corrected chi connectivity index (χ3v) is 6.55. The van der Waals surface area contributed by atoms with Crippen LogP contribution in [0.3, 0.4) is 0 Å². The molecule has 32 heavy (non-hydrogen) atoms. The van der Waals surface area contributed by atoms with Gasteiger partial charge in [-0.25, -0.2) is 0 Å². The number of nitrogens with zero attached hydrogens (tertiary/aromatic N) is 1. The zero-order chi connectivity index (χ0) is 22.1. The lowest BCUT2D eigenvalue weighted by Crippen LogP contribution is -2.46. The van der Waals surface area contributed by atoms with Crippen LogP contribution in [0.1, 0.15) is 48.4 Å². The zero-order valence-corrected chi connectivity index (χ0v) is 18.4. The Labute approximate surface area is 188 Å². The molecule has 0 bridgehead atoms. The number of ether oxygens (including phenoxy) is 2. The van der Waals surface area contributed by atoms with Crippen LogP contribution in [0.25, 0.3) is 11.3 Å². The van der Waals surface area contributed by atoms with E-state index in [9.17, 15) is 9.59 Å². The minimum absolute atomic E-state index is 0.0964. The van der Waals surface area contributed by atoms with Crippen LogP contribution < -0.4 is 5.32 Å². The summed E-state index contributed by atoms with van der Waals surface area (Å²) in [5.74, 6) is 0.446. The Bertz CT molecular complexity index is 1090. The first-order chi connectivity index (χ1) is 15.7. The number of amides is 1. The number of rotatable bonds is 5. The number of para-hydroxylation sites is 1. The maximum Gasteiger partial charge on any atom is 0.323 e. The van der Waals surface area contributed by atoms with Crippen LogP contribution in [0.2, 0.25) is 0 Å². The SMILES string of the molecule is CCOC(=O)C1CCCCN1CCc1ccc2c(c1)COC2=C1C(=O)Nc2ccccc21. The summed E-state index contributed by atoms with van der Waals surface area (Å²) in [7, 11) is 0. The first-order valence-corrected chi connectivity index (χ1v) is 11.5. The van der Waals surface area contributed by atoms with Crippen LogP contribution in [-0.2, 0) is 32.1 Å². The van der Waals surface area contributed by atoms with E-state index in [-0.39, 0.29) is 17.9 Å². The molecule has 1 atom stereocenters. The fourth-order valence-corrected chi connectivity index (χ4v) is 4.96. The van der Waals surface area contributed by atoms with Gasteiger partial charge in [0.25, 0.3) is 5.91 Å². The second-order valence-corrected chi connectivity index (χ2v) is 8.53. The van der Waals surface area contributed by atoms with Crippen molar-refractivity contribution in [2.75, 3.05) is 25.0 Å². The third kappa shape index (κ3) is 3.79. The smallest absolute Gasteiger partial charge is 0.323 e. The van der Waals surface area contributed by atoms with Crippen molar-refractivity contribution in [3.63, 3.8) is 0 Å². The van der Waals surface area contributed by atoms with Crippen molar-refractivity contribution < 1.29 is 19.1 Å². The van der Waals surface area contributed by atoms with E-state index in [1.165, 1.54) is 5.56 Å². The van der Waals surface area contributed by atoms with Crippen LogP contribution in [0, 0.1) is 0 Å². The second-order valence-electron chi connectivity index (χ2n) is 8.53. The minimum atomic E-state index is -0.126. The number of benzene rings is 2. The lowest BCUT2D eigenvalue weighted by atomic mass is 9.97. The number of fused-ring (bicyclic) bond motifs is 2. The first kappa shape index (κ1) is 20.8. The van der Waals surface area contributed by atoms with E-state index in [1.807, 2.05) is 31.2 Å². The summed E-state index contributed by atoms with van der Waals surface area (Å²) in [6, 6.07) is 13.9. The van der Waals surface area contributed by atoms with Gasteiger partial charge in [0.1, 0.15) is 18.4 Å². The fourth-order valence-electron chi connectivity index (χ4n) is 4.96. The molecule has 0 aromatic heterocycles. The predicted molar refractivity (Wildman–Crippen MR) is 123 cm³/mol. The van der Waals surface area contributed by atoms with Gasteiger partial charge >= 0.3 is 5.97 Å². The van der Waals surface area contributed by atoms with Gasteiger partial charge in [0.2, 0.25) is 0 Å². The van der Waals surface area contributed by atoms with E-state index >= 15 is 0 Å². The molecule has 6 heteroatoms. The lowest BCUT2D eigenvalue weighted by molar-refractivity contribution is -0.150. The van der Waals surface area contributed by atoms with E-state index < -0.39 is 0 Å². The van der Waals surface area contributed by atoms with E-state index in [4.69, 9.17) is 9.47 Å². The molecule has 2 aromatic carbocycles. The average molecular weight is 433 g/mol. The highest BCUT2D eigenvalue weighted by molar-refractivity contribution is 6.36. The van der Waals surface area contributed by atoms with Crippen molar-refractivity contribution in [2.45, 2.75) is 45.3 Å². The molecule has 0 aliphatic carbocycles. The average Bonchev–Trinajstić information content (AvgIpc) is 3.37. The maximum absolute atomic E-state index is 12.6. The summed E-state index contributed by atoms with van der Waals surface area (Å²) in [5.41, 5.74) is 5.62. The number of carbonyl (C=O) groups is 2. The Kier molecular flexibility index (Phi) is 5.70. The zero-order valence-electron chi connectivity index (χ0n) is 18.4. The normalized spacial score (nSPS) is 22.2. The summed E-state index contributed by atoms with van der Waals surface area (Å²) < 4.78 is 11.3. The molecule has 0 spiro atoms. The summed E-state index contributed by atoms with van der Waals surface area (Å²) in [6.45, 7) is 4.51. The van der Waals surface area contributed by atoms with Crippen LogP contribution in [0.4, 0.5) is 5.69 Å².